The fourth-order valence-electron chi connectivity index (χ4n) is 3.36. The highest BCUT2D eigenvalue weighted by molar-refractivity contribution is 7.92. The van der Waals surface area contributed by atoms with Crippen LogP contribution in [0, 0.1) is 5.92 Å². The van der Waals surface area contributed by atoms with Crippen molar-refractivity contribution in [3.8, 4) is 5.75 Å². The van der Waals surface area contributed by atoms with Crippen molar-refractivity contribution in [2.24, 2.45) is 5.92 Å². The van der Waals surface area contributed by atoms with E-state index >= 15 is 0 Å². The van der Waals surface area contributed by atoms with Gasteiger partial charge in [0.05, 0.1) is 17.8 Å². The Labute approximate surface area is 172 Å². The maximum Gasteiger partial charge on any atom is 0.243 e. The van der Waals surface area contributed by atoms with Gasteiger partial charge in [-0.15, -0.1) is 0 Å². The highest BCUT2D eigenvalue weighted by Gasteiger charge is 2.28. The topological polar surface area (TPSA) is 92.8 Å². The van der Waals surface area contributed by atoms with E-state index in [4.69, 9.17) is 4.74 Å². The van der Waals surface area contributed by atoms with Gasteiger partial charge in [-0.05, 0) is 59.9 Å². The number of hydrogen-bond acceptors (Lipinski definition) is 5. The molecule has 3 rings (SSSR count). The molecule has 29 heavy (non-hydrogen) atoms. The van der Waals surface area contributed by atoms with Crippen LogP contribution < -0.4 is 9.46 Å². The van der Waals surface area contributed by atoms with Gasteiger partial charge in [-0.25, -0.2) is 16.8 Å². The molecule has 0 spiro atoms. The van der Waals surface area contributed by atoms with Crippen molar-refractivity contribution >= 4 is 25.7 Å². The van der Waals surface area contributed by atoms with E-state index in [1.165, 1.54) is 23.5 Å². The average molecular weight is 439 g/mol. The van der Waals surface area contributed by atoms with Crippen molar-refractivity contribution in [1.29, 1.82) is 0 Å². The molecular weight excluding hydrogens is 412 g/mol. The van der Waals surface area contributed by atoms with Crippen molar-refractivity contribution in [3.63, 3.8) is 0 Å². The molecule has 0 saturated carbocycles. The molecule has 158 valence electrons. The standard InChI is InChI=1S/C20H26N2O5S2/c1-15(2)14-28(23,24)21-18-5-4-16-10-11-22(13-17(16)12-18)29(25,26)20-8-6-19(27-3)7-9-20/h4-9,12,15,21H,10-11,13-14H2,1-3H3. The van der Waals surface area contributed by atoms with E-state index in [1.807, 2.05) is 19.9 Å². The molecule has 0 saturated heterocycles. The summed E-state index contributed by atoms with van der Waals surface area (Å²) in [5, 5.41) is 0. The lowest BCUT2D eigenvalue weighted by molar-refractivity contribution is 0.391. The molecule has 7 nitrogen and oxygen atoms in total. The summed E-state index contributed by atoms with van der Waals surface area (Å²) in [6.45, 7) is 4.26. The smallest absolute Gasteiger partial charge is 0.243 e. The van der Waals surface area contributed by atoms with Gasteiger partial charge in [0.1, 0.15) is 5.75 Å². The van der Waals surface area contributed by atoms with Crippen molar-refractivity contribution in [2.45, 2.75) is 31.7 Å². The fourth-order valence-corrected chi connectivity index (χ4v) is 6.22. The molecule has 0 amide bonds. The Morgan fingerprint density at radius 3 is 2.34 bits per heavy atom. The van der Waals surface area contributed by atoms with E-state index in [-0.39, 0.29) is 23.1 Å². The van der Waals surface area contributed by atoms with Crippen LogP contribution in [0.25, 0.3) is 0 Å². The van der Waals surface area contributed by atoms with E-state index in [0.29, 0.717) is 24.4 Å². The molecule has 0 radical (unpaired) electrons. The van der Waals surface area contributed by atoms with Crippen LogP contribution in [0.2, 0.25) is 0 Å². The highest BCUT2D eigenvalue weighted by atomic mass is 32.2. The minimum atomic E-state index is -3.65. The van der Waals surface area contributed by atoms with Crippen LogP contribution in [-0.4, -0.2) is 40.5 Å². The Balaban J connectivity index is 1.82. The Morgan fingerprint density at radius 2 is 1.72 bits per heavy atom. The first-order valence-electron chi connectivity index (χ1n) is 9.37. The molecule has 0 aliphatic carbocycles. The molecule has 2 aromatic carbocycles. The highest BCUT2D eigenvalue weighted by Crippen LogP contribution is 2.28. The number of nitrogens with zero attached hydrogens (tertiary/aromatic N) is 1. The first-order valence-corrected chi connectivity index (χ1v) is 12.5. The van der Waals surface area contributed by atoms with Gasteiger partial charge in [0.25, 0.3) is 0 Å². The summed E-state index contributed by atoms with van der Waals surface area (Å²) in [6, 6.07) is 11.6. The van der Waals surface area contributed by atoms with Gasteiger partial charge in [-0.2, -0.15) is 4.31 Å². The van der Waals surface area contributed by atoms with E-state index in [1.54, 1.807) is 24.3 Å². The molecule has 1 aliphatic heterocycles. The van der Waals surface area contributed by atoms with E-state index in [9.17, 15) is 16.8 Å². The van der Waals surface area contributed by atoms with Crippen LogP contribution in [0.15, 0.2) is 47.4 Å². The predicted octanol–water partition coefficient (Wildman–Crippen LogP) is 2.84. The number of methoxy groups -OCH3 is 1. The zero-order valence-corrected chi connectivity index (χ0v) is 18.4. The number of rotatable bonds is 7. The van der Waals surface area contributed by atoms with Crippen LogP contribution in [0.4, 0.5) is 5.69 Å². The zero-order chi connectivity index (χ0) is 21.2. The molecule has 2 aromatic rings. The Kier molecular flexibility index (Phi) is 6.21. The van der Waals surface area contributed by atoms with Gasteiger partial charge in [0.2, 0.25) is 20.0 Å². The van der Waals surface area contributed by atoms with E-state index in [2.05, 4.69) is 4.72 Å². The molecule has 9 heteroatoms. The number of ether oxygens (including phenoxy) is 1. The van der Waals surface area contributed by atoms with Crippen LogP contribution >= 0.6 is 0 Å². The van der Waals surface area contributed by atoms with Gasteiger partial charge in [0, 0.05) is 18.8 Å². The van der Waals surface area contributed by atoms with Crippen molar-refractivity contribution in [1.82, 2.24) is 4.31 Å². The summed E-state index contributed by atoms with van der Waals surface area (Å²) in [5.74, 6) is 0.628. The maximum atomic E-state index is 13.0. The number of hydrogen-bond donors (Lipinski definition) is 1. The summed E-state index contributed by atoms with van der Waals surface area (Å²) in [4.78, 5) is 0.204. The summed E-state index contributed by atoms with van der Waals surface area (Å²) in [6.07, 6.45) is 0.573. The molecule has 0 bridgehead atoms. The fraction of sp³-hybridized carbons (Fsp3) is 0.400. The number of fused-ring (bicyclic) bond motifs is 1. The van der Waals surface area contributed by atoms with Crippen LogP contribution in [0.5, 0.6) is 5.75 Å². The van der Waals surface area contributed by atoms with E-state index < -0.39 is 20.0 Å². The van der Waals surface area contributed by atoms with Gasteiger partial charge in [0.15, 0.2) is 0 Å². The molecule has 0 atom stereocenters. The molecule has 1 heterocycles. The molecule has 0 aromatic heterocycles. The summed E-state index contributed by atoms with van der Waals surface area (Å²) >= 11 is 0. The van der Waals surface area contributed by atoms with Gasteiger partial charge >= 0.3 is 0 Å². The third-order valence-corrected chi connectivity index (χ3v) is 8.22. The second-order valence-electron chi connectivity index (χ2n) is 7.52. The number of benzene rings is 2. The van der Waals surface area contributed by atoms with Crippen molar-refractivity contribution in [3.05, 3.63) is 53.6 Å². The second kappa shape index (κ2) is 8.33. The van der Waals surface area contributed by atoms with Crippen molar-refractivity contribution in [2.75, 3.05) is 24.1 Å². The first kappa shape index (κ1) is 21.6. The first-order chi connectivity index (χ1) is 13.6. The number of nitrogens with one attached hydrogen (secondary N) is 1. The van der Waals surface area contributed by atoms with Gasteiger partial charge in [-0.1, -0.05) is 19.9 Å². The zero-order valence-electron chi connectivity index (χ0n) is 16.8. The minimum absolute atomic E-state index is 0.00950. The Hall–Kier alpha value is -2.10. The Bertz CT molecular complexity index is 1080. The third-order valence-electron chi connectivity index (χ3n) is 4.71. The van der Waals surface area contributed by atoms with Crippen LogP contribution in [-0.2, 0) is 33.0 Å². The molecule has 1 aliphatic rings. The summed E-state index contributed by atoms with van der Waals surface area (Å²) in [5.41, 5.74) is 2.28. The quantitative estimate of drug-likeness (QED) is 0.718. The van der Waals surface area contributed by atoms with Crippen LogP contribution in [0.3, 0.4) is 0 Å². The van der Waals surface area contributed by atoms with E-state index in [0.717, 1.165) is 11.1 Å². The van der Waals surface area contributed by atoms with Crippen LogP contribution in [0.1, 0.15) is 25.0 Å². The molecular formula is C20H26N2O5S2. The SMILES string of the molecule is COc1ccc(S(=O)(=O)N2CCc3ccc(NS(=O)(=O)CC(C)C)cc3C2)cc1. The van der Waals surface area contributed by atoms with Crippen molar-refractivity contribution < 1.29 is 21.6 Å². The second-order valence-corrected chi connectivity index (χ2v) is 11.2. The third kappa shape index (κ3) is 5.09. The predicted molar refractivity (Wildman–Crippen MR) is 113 cm³/mol. The molecule has 0 fully saturated rings. The summed E-state index contributed by atoms with van der Waals surface area (Å²) < 4.78 is 59.5. The molecule has 0 unspecified atom stereocenters. The van der Waals surface area contributed by atoms with Gasteiger partial charge in [-0.3, -0.25) is 4.72 Å². The summed E-state index contributed by atoms with van der Waals surface area (Å²) in [7, 11) is -5.57. The van der Waals surface area contributed by atoms with Gasteiger partial charge < -0.3 is 4.74 Å². The largest absolute Gasteiger partial charge is 0.497 e. The monoisotopic (exact) mass is 438 g/mol. The minimum Gasteiger partial charge on any atom is -0.497 e. The lowest BCUT2D eigenvalue weighted by atomic mass is 10.0. The Morgan fingerprint density at radius 1 is 1.03 bits per heavy atom. The average Bonchev–Trinajstić information content (AvgIpc) is 2.66. The lowest BCUT2D eigenvalue weighted by Gasteiger charge is -2.28. The normalized spacial score (nSPS) is 15.2. The maximum absolute atomic E-state index is 13.0. The lowest BCUT2D eigenvalue weighted by Crippen LogP contribution is -2.36. The number of anilines is 1. The number of sulfonamides is 2. The molecule has 1 N–H and O–H groups in total.